The van der Waals surface area contributed by atoms with E-state index >= 15 is 0 Å². The van der Waals surface area contributed by atoms with E-state index in [0.29, 0.717) is 13.2 Å². The molecule has 1 aromatic carbocycles. The lowest BCUT2D eigenvalue weighted by Crippen LogP contribution is -2.08. The number of ether oxygens (including phenoxy) is 2. The zero-order valence-electron chi connectivity index (χ0n) is 10.7. The second kappa shape index (κ2) is 5.41. The second-order valence-corrected chi connectivity index (χ2v) is 4.36. The first-order valence-corrected chi connectivity index (χ1v) is 6.36. The van der Waals surface area contributed by atoms with E-state index in [-0.39, 0.29) is 0 Å². The van der Waals surface area contributed by atoms with Crippen LogP contribution in [-0.2, 0) is 19.3 Å². The monoisotopic (exact) mass is 235 g/mol. The lowest BCUT2D eigenvalue weighted by atomic mass is 10.0. The maximum absolute atomic E-state index is 5.76. The molecule has 94 valence electrons. The van der Waals surface area contributed by atoms with E-state index in [1.807, 2.05) is 6.92 Å². The highest BCUT2D eigenvalue weighted by Gasteiger charge is 2.22. The van der Waals surface area contributed by atoms with Crippen LogP contribution in [0.4, 0.5) is 0 Å². The maximum Gasteiger partial charge on any atom is 0.164 e. The second-order valence-electron chi connectivity index (χ2n) is 4.36. The first kappa shape index (κ1) is 12.2. The highest BCUT2D eigenvalue weighted by molar-refractivity contribution is 5.57. The van der Waals surface area contributed by atoms with Gasteiger partial charge in [0.1, 0.15) is 0 Å². The summed E-state index contributed by atoms with van der Waals surface area (Å²) in [6.07, 6.45) is 4.31. The summed E-state index contributed by atoms with van der Waals surface area (Å²) in [7, 11) is 1.72. The van der Waals surface area contributed by atoms with Crippen LogP contribution in [0.3, 0.4) is 0 Å². The summed E-state index contributed by atoms with van der Waals surface area (Å²) in [5.74, 6) is 1.84. The number of methoxy groups -OCH3 is 1. The summed E-state index contributed by atoms with van der Waals surface area (Å²) < 4.78 is 11.3. The molecular weight excluding hydrogens is 214 g/mol. The molecule has 0 unspecified atom stereocenters. The summed E-state index contributed by atoms with van der Waals surface area (Å²) in [4.78, 5) is 0. The molecule has 2 N–H and O–H groups in total. The van der Waals surface area contributed by atoms with Crippen molar-refractivity contribution in [1.29, 1.82) is 0 Å². The molecule has 3 heteroatoms. The highest BCUT2D eigenvalue weighted by atomic mass is 16.5. The predicted molar refractivity (Wildman–Crippen MR) is 68.9 cm³/mol. The normalized spacial score (nSPS) is 13.6. The average Bonchev–Trinajstić information content (AvgIpc) is 2.78. The van der Waals surface area contributed by atoms with Crippen LogP contribution < -0.4 is 15.2 Å². The van der Waals surface area contributed by atoms with E-state index in [4.69, 9.17) is 15.2 Å². The van der Waals surface area contributed by atoms with Gasteiger partial charge in [-0.3, -0.25) is 0 Å². The molecule has 0 saturated carbocycles. The van der Waals surface area contributed by atoms with Gasteiger partial charge in [-0.15, -0.1) is 0 Å². The fourth-order valence-corrected chi connectivity index (χ4v) is 2.60. The van der Waals surface area contributed by atoms with Crippen molar-refractivity contribution in [3.63, 3.8) is 0 Å². The molecule has 0 bridgehead atoms. The summed E-state index contributed by atoms with van der Waals surface area (Å²) in [6.45, 7) is 3.30. The van der Waals surface area contributed by atoms with Gasteiger partial charge in [0.2, 0.25) is 0 Å². The van der Waals surface area contributed by atoms with Crippen LogP contribution >= 0.6 is 0 Å². The van der Waals surface area contributed by atoms with Crippen LogP contribution in [0.5, 0.6) is 11.5 Å². The van der Waals surface area contributed by atoms with Crippen LogP contribution in [0.2, 0.25) is 0 Å². The third-order valence-electron chi connectivity index (χ3n) is 3.29. The van der Waals surface area contributed by atoms with E-state index in [2.05, 4.69) is 6.07 Å². The van der Waals surface area contributed by atoms with Crippen molar-refractivity contribution in [2.24, 2.45) is 5.73 Å². The summed E-state index contributed by atoms with van der Waals surface area (Å²) in [5, 5.41) is 0. The van der Waals surface area contributed by atoms with E-state index in [0.717, 1.165) is 30.8 Å². The van der Waals surface area contributed by atoms with Gasteiger partial charge in [-0.2, -0.15) is 0 Å². The molecule has 1 aliphatic carbocycles. The van der Waals surface area contributed by atoms with Gasteiger partial charge in [-0.1, -0.05) is 6.07 Å². The molecule has 0 spiro atoms. The Morgan fingerprint density at radius 1 is 1.29 bits per heavy atom. The minimum atomic E-state index is 0.641. The Morgan fingerprint density at radius 2 is 2.12 bits per heavy atom. The smallest absolute Gasteiger partial charge is 0.164 e. The molecule has 0 heterocycles. The SMILES string of the molecule is CCOc1c(CCN)cc2c(c1OC)CCC2. The average molecular weight is 235 g/mol. The number of aryl methyl sites for hydroxylation is 1. The molecule has 3 nitrogen and oxygen atoms in total. The van der Waals surface area contributed by atoms with Gasteiger partial charge in [0.25, 0.3) is 0 Å². The van der Waals surface area contributed by atoms with Crippen molar-refractivity contribution in [1.82, 2.24) is 0 Å². The van der Waals surface area contributed by atoms with Crippen LogP contribution in [0.15, 0.2) is 6.07 Å². The third kappa shape index (κ3) is 2.25. The summed E-state index contributed by atoms with van der Waals surface area (Å²) in [5.41, 5.74) is 9.59. The number of benzene rings is 1. The van der Waals surface area contributed by atoms with Crippen molar-refractivity contribution >= 4 is 0 Å². The zero-order chi connectivity index (χ0) is 12.3. The topological polar surface area (TPSA) is 44.5 Å². The number of fused-ring (bicyclic) bond motifs is 1. The van der Waals surface area contributed by atoms with Crippen molar-refractivity contribution in [2.45, 2.75) is 32.6 Å². The summed E-state index contributed by atoms with van der Waals surface area (Å²) >= 11 is 0. The quantitative estimate of drug-likeness (QED) is 0.850. The van der Waals surface area contributed by atoms with Gasteiger partial charge in [0, 0.05) is 5.56 Å². The first-order chi connectivity index (χ1) is 8.31. The van der Waals surface area contributed by atoms with Gasteiger partial charge in [-0.05, 0) is 50.3 Å². The van der Waals surface area contributed by atoms with Gasteiger partial charge in [0.05, 0.1) is 13.7 Å². The molecule has 0 fully saturated rings. The standard InChI is InChI=1S/C14H21NO2/c1-3-17-13-11(7-8-15)9-10-5-4-6-12(10)14(13)16-2/h9H,3-8,15H2,1-2H3. The molecular formula is C14H21NO2. The Kier molecular flexibility index (Phi) is 3.89. The Morgan fingerprint density at radius 3 is 2.76 bits per heavy atom. The molecule has 0 amide bonds. The largest absolute Gasteiger partial charge is 0.493 e. The number of rotatable bonds is 5. The van der Waals surface area contributed by atoms with Gasteiger partial charge in [-0.25, -0.2) is 0 Å². The number of nitrogens with two attached hydrogens (primary N) is 1. The molecule has 2 rings (SSSR count). The Bertz CT molecular complexity index is 402. The molecule has 0 saturated heterocycles. The van der Waals surface area contributed by atoms with E-state index < -0.39 is 0 Å². The zero-order valence-corrected chi connectivity index (χ0v) is 10.7. The molecule has 0 aromatic heterocycles. The lowest BCUT2D eigenvalue weighted by molar-refractivity contribution is 0.306. The Hall–Kier alpha value is -1.22. The molecule has 17 heavy (non-hydrogen) atoms. The molecule has 0 aliphatic heterocycles. The first-order valence-electron chi connectivity index (χ1n) is 6.36. The van der Waals surface area contributed by atoms with Crippen LogP contribution in [0.1, 0.15) is 30.0 Å². The van der Waals surface area contributed by atoms with Crippen LogP contribution in [0, 0.1) is 0 Å². The molecule has 0 radical (unpaired) electrons. The number of hydrogen-bond acceptors (Lipinski definition) is 3. The van der Waals surface area contributed by atoms with Crippen molar-refractivity contribution in [3.8, 4) is 11.5 Å². The Balaban J connectivity index is 2.51. The Labute approximate surface area is 103 Å². The molecule has 0 atom stereocenters. The molecule has 1 aromatic rings. The van der Waals surface area contributed by atoms with Gasteiger partial charge in [0.15, 0.2) is 11.5 Å². The van der Waals surface area contributed by atoms with E-state index in [1.165, 1.54) is 23.1 Å². The van der Waals surface area contributed by atoms with Gasteiger partial charge >= 0.3 is 0 Å². The van der Waals surface area contributed by atoms with Crippen LogP contribution in [0.25, 0.3) is 0 Å². The third-order valence-corrected chi connectivity index (χ3v) is 3.29. The van der Waals surface area contributed by atoms with Gasteiger partial charge < -0.3 is 15.2 Å². The summed E-state index contributed by atoms with van der Waals surface area (Å²) in [6, 6.07) is 2.25. The predicted octanol–water partition coefficient (Wildman–Crippen LogP) is 2.08. The minimum Gasteiger partial charge on any atom is -0.493 e. The fraction of sp³-hybridized carbons (Fsp3) is 0.571. The van der Waals surface area contributed by atoms with Crippen molar-refractivity contribution in [3.05, 3.63) is 22.8 Å². The number of hydrogen-bond donors (Lipinski definition) is 1. The van der Waals surface area contributed by atoms with Crippen molar-refractivity contribution in [2.75, 3.05) is 20.3 Å². The van der Waals surface area contributed by atoms with Crippen LogP contribution in [-0.4, -0.2) is 20.3 Å². The lowest BCUT2D eigenvalue weighted by Gasteiger charge is -2.17. The van der Waals surface area contributed by atoms with E-state index in [1.54, 1.807) is 7.11 Å². The van der Waals surface area contributed by atoms with E-state index in [9.17, 15) is 0 Å². The maximum atomic E-state index is 5.76. The minimum absolute atomic E-state index is 0.641. The highest BCUT2D eigenvalue weighted by Crippen LogP contribution is 2.41. The molecule has 1 aliphatic rings. The van der Waals surface area contributed by atoms with Crippen molar-refractivity contribution < 1.29 is 9.47 Å². The fourth-order valence-electron chi connectivity index (χ4n) is 2.60.